The summed E-state index contributed by atoms with van der Waals surface area (Å²) in [6.45, 7) is 0.247. The lowest BCUT2D eigenvalue weighted by molar-refractivity contribution is 0.311. The van der Waals surface area contributed by atoms with Gasteiger partial charge in [0.25, 0.3) is 0 Å². The zero-order valence-electron chi connectivity index (χ0n) is 8.90. The molecule has 16 heavy (non-hydrogen) atoms. The van der Waals surface area contributed by atoms with Gasteiger partial charge in [-0.15, -0.1) is 0 Å². The number of rotatable bonds is 4. The van der Waals surface area contributed by atoms with E-state index >= 15 is 0 Å². The number of nitrogens with two attached hydrogens (primary N) is 5. The second-order valence-corrected chi connectivity index (χ2v) is 3.57. The highest BCUT2D eigenvalue weighted by Gasteiger charge is 2.22. The molecule has 0 heterocycles. The first-order valence-corrected chi connectivity index (χ1v) is 4.77. The van der Waals surface area contributed by atoms with Crippen molar-refractivity contribution in [2.75, 3.05) is 29.9 Å². The van der Waals surface area contributed by atoms with Crippen LogP contribution in [0.2, 0.25) is 0 Å². The fourth-order valence-electron chi connectivity index (χ4n) is 1.37. The van der Waals surface area contributed by atoms with E-state index in [0.29, 0.717) is 29.2 Å². The van der Waals surface area contributed by atoms with Gasteiger partial charge >= 0.3 is 0 Å². The summed E-state index contributed by atoms with van der Waals surface area (Å²) >= 11 is 0. The molecule has 0 radical (unpaired) electrons. The quantitative estimate of drug-likeness (QED) is 0.236. The van der Waals surface area contributed by atoms with Crippen molar-refractivity contribution in [3.63, 3.8) is 0 Å². The Hall–Kier alpha value is -1.54. The molecule has 0 aliphatic rings. The molecule has 90 valence electrons. The van der Waals surface area contributed by atoms with E-state index in [-0.39, 0.29) is 6.61 Å². The van der Waals surface area contributed by atoms with Crippen LogP contribution in [0.1, 0.15) is 5.56 Å². The Morgan fingerprint density at radius 2 is 1.81 bits per heavy atom. The van der Waals surface area contributed by atoms with Crippen molar-refractivity contribution >= 4 is 17.1 Å². The van der Waals surface area contributed by atoms with Gasteiger partial charge < -0.3 is 21.9 Å². The van der Waals surface area contributed by atoms with Crippen LogP contribution in [0, 0.1) is 0 Å². The first-order valence-electron chi connectivity index (χ1n) is 4.77. The van der Waals surface area contributed by atoms with Gasteiger partial charge in [-0.1, -0.05) is 6.07 Å². The molecular formula is C9H18N6O. The monoisotopic (exact) mass is 226 g/mol. The summed E-state index contributed by atoms with van der Waals surface area (Å²) in [5.41, 5.74) is 29.9. The molecule has 1 rings (SSSR count). The zero-order chi connectivity index (χ0) is 12.3. The molecule has 0 fully saturated rings. The summed E-state index contributed by atoms with van der Waals surface area (Å²) < 4.78 is 0. The lowest BCUT2D eigenvalue weighted by Gasteiger charge is -2.24. The SMILES string of the molecule is Nc1ccc(C(N)(N)N)c(NCCO)c1N. The van der Waals surface area contributed by atoms with E-state index < -0.39 is 5.79 Å². The van der Waals surface area contributed by atoms with Crippen molar-refractivity contribution in [3.05, 3.63) is 17.7 Å². The molecule has 0 spiro atoms. The molecule has 12 N–H and O–H groups in total. The third kappa shape index (κ3) is 2.52. The van der Waals surface area contributed by atoms with Gasteiger partial charge in [-0.3, -0.25) is 17.2 Å². The maximum absolute atomic E-state index is 8.75. The van der Waals surface area contributed by atoms with Gasteiger partial charge in [0.1, 0.15) is 5.79 Å². The highest BCUT2D eigenvalue weighted by molar-refractivity contribution is 5.82. The third-order valence-corrected chi connectivity index (χ3v) is 2.16. The van der Waals surface area contributed by atoms with Crippen molar-refractivity contribution in [1.29, 1.82) is 0 Å². The molecule has 7 heteroatoms. The first kappa shape index (κ1) is 12.5. The van der Waals surface area contributed by atoms with Gasteiger partial charge in [0.15, 0.2) is 0 Å². The maximum Gasteiger partial charge on any atom is 0.144 e. The van der Waals surface area contributed by atoms with Gasteiger partial charge in [0, 0.05) is 12.1 Å². The number of nitrogens with one attached hydrogen (secondary N) is 1. The highest BCUT2D eigenvalue weighted by Crippen LogP contribution is 2.31. The minimum absolute atomic E-state index is 0.0552. The number of aliphatic hydroxyl groups excluding tert-OH is 1. The molecule has 1 aromatic rings. The highest BCUT2D eigenvalue weighted by atomic mass is 16.3. The fourth-order valence-corrected chi connectivity index (χ4v) is 1.37. The van der Waals surface area contributed by atoms with Crippen LogP contribution in [0.15, 0.2) is 12.1 Å². The number of anilines is 3. The molecule has 0 aromatic heterocycles. The zero-order valence-corrected chi connectivity index (χ0v) is 8.90. The van der Waals surface area contributed by atoms with Crippen molar-refractivity contribution in [2.45, 2.75) is 5.79 Å². The van der Waals surface area contributed by atoms with E-state index in [9.17, 15) is 0 Å². The van der Waals surface area contributed by atoms with Crippen LogP contribution in [0.25, 0.3) is 0 Å². The van der Waals surface area contributed by atoms with Gasteiger partial charge in [-0.25, -0.2) is 0 Å². The van der Waals surface area contributed by atoms with Crippen LogP contribution < -0.4 is 34.0 Å². The number of nitrogen functional groups attached to an aromatic ring is 2. The smallest absolute Gasteiger partial charge is 0.144 e. The number of aliphatic hydroxyl groups is 1. The van der Waals surface area contributed by atoms with Gasteiger partial charge in [0.05, 0.1) is 23.7 Å². The molecule has 0 amide bonds. The predicted octanol–water partition coefficient (Wildman–Crippen LogP) is -1.76. The molecule has 0 saturated heterocycles. The summed E-state index contributed by atoms with van der Waals surface area (Å²) in [4.78, 5) is 0. The average Bonchev–Trinajstić information content (AvgIpc) is 2.18. The number of hydrogen-bond donors (Lipinski definition) is 7. The van der Waals surface area contributed by atoms with E-state index in [1.165, 1.54) is 0 Å². The summed E-state index contributed by atoms with van der Waals surface area (Å²) in [5, 5.41) is 11.6. The van der Waals surface area contributed by atoms with E-state index in [1.54, 1.807) is 12.1 Å². The Balaban J connectivity index is 3.22. The van der Waals surface area contributed by atoms with Crippen LogP contribution in [0.3, 0.4) is 0 Å². The minimum Gasteiger partial charge on any atom is -0.397 e. The molecule has 0 unspecified atom stereocenters. The summed E-state index contributed by atoms with van der Waals surface area (Å²) in [7, 11) is 0. The Kier molecular flexibility index (Phi) is 3.55. The molecule has 0 bridgehead atoms. The Labute approximate surface area is 93.6 Å². The normalized spacial score (nSPS) is 11.5. The van der Waals surface area contributed by atoms with Crippen LogP contribution >= 0.6 is 0 Å². The summed E-state index contributed by atoms with van der Waals surface area (Å²) in [6.07, 6.45) is 0. The lowest BCUT2D eigenvalue weighted by Crippen LogP contribution is -2.54. The van der Waals surface area contributed by atoms with Crippen molar-refractivity contribution < 1.29 is 5.11 Å². The molecule has 7 nitrogen and oxygen atoms in total. The number of hydrogen-bond acceptors (Lipinski definition) is 7. The van der Waals surface area contributed by atoms with E-state index in [4.69, 9.17) is 33.8 Å². The van der Waals surface area contributed by atoms with E-state index in [1.807, 2.05) is 0 Å². The van der Waals surface area contributed by atoms with Gasteiger partial charge in [-0.2, -0.15) is 0 Å². The average molecular weight is 226 g/mol. The van der Waals surface area contributed by atoms with Crippen LogP contribution in [-0.4, -0.2) is 18.3 Å². The van der Waals surface area contributed by atoms with Crippen LogP contribution in [-0.2, 0) is 5.79 Å². The Bertz CT molecular complexity index is 373. The van der Waals surface area contributed by atoms with Crippen molar-refractivity contribution in [1.82, 2.24) is 0 Å². The van der Waals surface area contributed by atoms with Crippen molar-refractivity contribution in [3.8, 4) is 0 Å². The minimum atomic E-state index is -1.51. The summed E-state index contributed by atoms with van der Waals surface area (Å²) in [5.74, 6) is -1.51. The van der Waals surface area contributed by atoms with Gasteiger partial charge in [-0.05, 0) is 6.07 Å². The van der Waals surface area contributed by atoms with Crippen LogP contribution in [0.5, 0.6) is 0 Å². The molecule has 0 saturated carbocycles. The van der Waals surface area contributed by atoms with E-state index in [0.717, 1.165) is 0 Å². The summed E-state index contributed by atoms with van der Waals surface area (Å²) in [6, 6.07) is 3.18. The lowest BCUT2D eigenvalue weighted by atomic mass is 10.0. The fraction of sp³-hybridized carbons (Fsp3) is 0.333. The molecule has 1 aromatic carbocycles. The first-order chi connectivity index (χ1) is 7.38. The third-order valence-electron chi connectivity index (χ3n) is 2.16. The van der Waals surface area contributed by atoms with Gasteiger partial charge in [0.2, 0.25) is 0 Å². The second kappa shape index (κ2) is 4.54. The standard InChI is InChI=1S/C9H18N6O/c10-6-2-1-5(9(12,13)14)8(7(6)11)15-3-4-16/h1-2,15-16H,3-4,10-14H2. The molecule has 0 aliphatic carbocycles. The van der Waals surface area contributed by atoms with Crippen LogP contribution in [0.4, 0.5) is 17.1 Å². The topological polar surface area (TPSA) is 162 Å². The Morgan fingerprint density at radius 1 is 1.19 bits per heavy atom. The maximum atomic E-state index is 8.75. The molecular weight excluding hydrogens is 208 g/mol. The molecule has 0 aliphatic heterocycles. The Morgan fingerprint density at radius 3 is 2.31 bits per heavy atom. The van der Waals surface area contributed by atoms with E-state index in [2.05, 4.69) is 5.32 Å². The second-order valence-electron chi connectivity index (χ2n) is 3.57. The van der Waals surface area contributed by atoms with Crippen molar-refractivity contribution in [2.24, 2.45) is 17.2 Å². The predicted molar refractivity (Wildman–Crippen MR) is 65.1 cm³/mol. The number of benzene rings is 1. The molecule has 0 atom stereocenters. The largest absolute Gasteiger partial charge is 0.397 e.